The zero-order valence-electron chi connectivity index (χ0n) is 18.1. The fourth-order valence-electron chi connectivity index (χ4n) is 3.85. The molecule has 0 spiro atoms. The maximum absolute atomic E-state index is 2.48. The molecular weight excluding hydrogens is 288 g/mol. The van der Waals surface area contributed by atoms with E-state index in [1.54, 1.807) is 0 Å². The van der Waals surface area contributed by atoms with Crippen molar-refractivity contribution in [3.63, 3.8) is 0 Å². The smallest absolute Gasteiger partial charge is 0.0253 e. The Bertz CT molecular complexity index is 497. The number of hydrogen-bond donors (Lipinski definition) is 0. The molecule has 0 aliphatic heterocycles. The minimum atomic E-state index is 0.314. The lowest BCUT2D eigenvalue weighted by Crippen LogP contribution is -2.42. The van der Waals surface area contributed by atoms with Gasteiger partial charge in [-0.15, -0.1) is 0 Å². The molecule has 0 saturated carbocycles. The van der Waals surface area contributed by atoms with Crippen molar-refractivity contribution in [1.29, 1.82) is 0 Å². The van der Waals surface area contributed by atoms with Crippen molar-refractivity contribution < 1.29 is 0 Å². The Kier molecular flexibility index (Phi) is 6.40. The van der Waals surface area contributed by atoms with Gasteiger partial charge in [0.15, 0.2) is 0 Å². The molecular formula is C24H42. The molecule has 138 valence electrons. The highest BCUT2D eigenvalue weighted by molar-refractivity contribution is 5.15. The largest absolute Gasteiger partial charge is 0.0622 e. The molecule has 0 N–H and O–H groups in total. The summed E-state index contributed by atoms with van der Waals surface area (Å²) in [6, 6.07) is 10.9. The van der Waals surface area contributed by atoms with Crippen LogP contribution in [0.1, 0.15) is 87.6 Å². The van der Waals surface area contributed by atoms with Crippen LogP contribution in [0.25, 0.3) is 0 Å². The van der Waals surface area contributed by atoms with Crippen molar-refractivity contribution in [3.05, 3.63) is 35.9 Å². The maximum atomic E-state index is 2.48. The lowest BCUT2D eigenvalue weighted by Gasteiger charge is -2.51. The molecule has 1 aromatic rings. The first-order valence-electron chi connectivity index (χ1n) is 9.72. The third-order valence-electron chi connectivity index (χ3n) is 7.03. The van der Waals surface area contributed by atoms with Gasteiger partial charge in [-0.3, -0.25) is 0 Å². The van der Waals surface area contributed by atoms with Gasteiger partial charge in [0.05, 0.1) is 0 Å². The minimum Gasteiger partial charge on any atom is -0.0622 e. The van der Waals surface area contributed by atoms with Gasteiger partial charge in [-0.25, -0.2) is 0 Å². The number of benzene rings is 1. The van der Waals surface area contributed by atoms with E-state index in [-0.39, 0.29) is 0 Å². The average molecular weight is 331 g/mol. The van der Waals surface area contributed by atoms with Crippen molar-refractivity contribution in [2.75, 3.05) is 0 Å². The zero-order valence-corrected chi connectivity index (χ0v) is 18.1. The summed E-state index contributed by atoms with van der Waals surface area (Å²) in [5.41, 5.74) is 2.76. The highest BCUT2D eigenvalue weighted by Gasteiger charge is 2.44. The molecule has 0 heterocycles. The van der Waals surface area contributed by atoms with Gasteiger partial charge in [0.2, 0.25) is 0 Å². The Balaban J connectivity index is 2.81. The van der Waals surface area contributed by atoms with Crippen LogP contribution in [-0.4, -0.2) is 0 Å². The molecule has 1 rings (SSSR count). The summed E-state index contributed by atoms with van der Waals surface area (Å²) in [7, 11) is 0. The lowest BCUT2D eigenvalue weighted by atomic mass is 9.54. The first-order valence-corrected chi connectivity index (χ1v) is 9.72. The molecule has 0 aromatic heterocycles. The highest BCUT2D eigenvalue weighted by atomic mass is 14.5. The Labute approximate surface area is 152 Å². The summed E-state index contributed by atoms with van der Waals surface area (Å²) in [6.07, 6.45) is 3.71. The van der Waals surface area contributed by atoms with Crippen LogP contribution in [0.3, 0.4) is 0 Å². The van der Waals surface area contributed by atoms with Crippen molar-refractivity contribution in [1.82, 2.24) is 0 Å². The molecule has 1 atom stereocenters. The minimum absolute atomic E-state index is 0.314. The molecule has 0 saturated heterocycles. The normalized spacial score (nSPS) is 15.4. The molecule has 1 aromatic carbocycles. The molecule has 1 unspecified atom stereocenters. The predicted molar refractivity (Wildman–Crippen MR) is 109 cm³/mol. The van der Waals surface area contributed by atoms with Gasteiger partial charge in [0, 0.05) is 0 Å². The Hall–Kier alpha value is -0.780. The molecule has 0 aliphatic carbocycles. The highest BCUT2D eigenvalue weighted by Crippen LogP contribution is 2.54. The Morgan fingerprint density at radius 2 is 1.21 bits per heavy atom. The fraction of sp³-hybridized carbons (Fsp3) is 0.750. The van der Waals surface area contributed by atoms with Gasteiger partial charge in [0.1, 0.15) is 0 Å². The molecule has 24 heavy (non-hydrogen) atoms. The lowest BCUT2D eigenvalue weighted by molar-refractivity contribution is -0.00851. The predicted octanol–water partition coefficient (Wildman–Crippen LogP) is 7.77. The van der Waals surface area contributed by atoms with Gasteiger partial charge in [-0.05, 0) is 52.4 Å². The van der Waals surface area contributed by atoms with E-state index in [2.05, 4.69) is 99.6 Å². The first-order chi connectivity index (χ1) is 10.7. The van der Waals surface area contributed by atoms with E-state index >= 15 is 0 Å². The monoisotopic (exact) mass is 330 g/mol. The second kappa shape index (κ2) is 7.22. The van der Waals surface area contributed by atoms with Crippen LogP contribution in [0.15, 0.2) is 30.3 Å². The van der Waals surface area contributed by atoms with E-state index in [4.69, 9.17) is 0 Å². The second-order valence-electron chi connectivity index (χ2n) is 11.1. The maximum Gasteiger partial charge on any atom is -0.0253 e. The van der Waals surface area contributed by atoms with Gasteiger partial charge in [0.25, 0.3) is 0 Å². The zero-order chi connectivity index (χ0) is 18.8. The number of rotatable bonds is 7. The molecule has 0 amide bonds. The molecule has 0 fully saturated rings. The van der Waals surface area contributed by atoms with Crippen LogP contribution in [0.4, 0.5) is 0 Å². The first kappa shape index (κ1) is 21.3. The van der Waals surface area contributed by atoms with E-state index in [9.17, 15) is 0 Å². The van der Waals surface area contributed by atoms with Crippen LogP contribution in [0.5, 0.6) is 0 Å². The van der Waals surface area contributed by atoms with Gasteiger partial charge in [-0.2, -0.15) is 0 Å². The summed E-state index contributed by atoms with van der Waals surface area (Å²) in [5, 5.41) is 0. The van der Waals surface area contributed by atoms with Gasteiger partial charge < -0.3 is 0 Å². The van der Waals surface area contributed by atoms with Crippen molar-refractivity contribution in [2.24, 2.45) is 27.6 Å². The van der Waals surface area contributed by atoms with Crippen LogP contribution in [-0.2, 0) is 6.42 Å². The van der Waals surface area contributed by atoms with Crippen molar-refractivity contribution >= 4 is 0 Å². The fourth-order valence-corrected chi connectivity index (χ4v) is 3.85. The van der Waals surface area contributed by atoms with Gasteiger partial charge >= 0.3 is 0 Å². The summed E-state index contributed by atoms with van der Waals surface area (Å²) in [6.45, 7) is 24.4. The standard InChI is InChI=1S/C24H42/c1-19(16-20-14-12-11-13-15-20)17-22(5,6)24(9,10)18-23(7,8)21(2,3)4/h11-15,19H,16-18H2,1-10H3. The van der Waals surface area contributed by atoms with E-state index < -0.39 is 0 Å². The molecule has 0 heteroatoms. The third-order valence-corrected chi connectivity index (χ3v) is 7.03. The van der Waals surface area contributed by atoms with E-state index in [1.165, 1.54) is 24.8 Å². The average Bonchev–Trinajstić information content (AvgIpc) is 2.36. The van der Waals surface area contributed by atoms with Crippen molar-refractivity contribution in [3.8, 4) is 0 Å². The summed E-state index contributed by atoms with van der Waals surface area (Å²) in [5.74, 6) is 0.708. The van der Waals surface area contributed by atoms with E-state index in [0.717, 1.165) is 0 Å². The molecule has 0 radical (unpaired) electrons. The summed E-state index contributed by atoms with van der Waals surface area (Å²) < 4.78 is 0. The van der Waals surface area contributed by atoms with Crippen LogP contribution >= 0.6 is 0 Å². The van der Waals surface area contributed by atoms with Gasteiger partial charge in [-0.1, -0.05) is 99.6 Å². The quantitative estimate of drug-likeness (QED) is 0.479. The second-order valence-corrected chi connectivity index (χ2v) is 11.1. The van der Waals surface area contributed by atoms with E-state index in [1.807, 2.05) is 0 Å². The SMILES string of the molecule is CC(Cc1ccccc1)CC(C)(C)C(C)(C)CC(C)(C)C(C)(C)C. The van der Waals surface area contributed by atoms with E-state index in [0.29, 0.717) is 27.6 Å². The molecule has 0 nitrogen and oxygen atoms in total. The summed E-state index contributed by atoms with van der Waals surface area (Å²) >= 11 is 0. The van der Waals surface area contributed by atoms with Crippen molar-refractivity contribution in [2.45, 2.75) is 88.5 Å². The Morgan fingerprint density at radius 3 is 1.67 bits per heavy atom. The third kappa shape index (κ3) is 5.36. The van der Waals surface area contributed by atoms with Crippen LogP contribution < -0.4 is 0 Å². The number of hydrogen-bond acceptors (Lipinski definition) is 0. The van der Waals surface area contributed by atoms with Crippen LogP contribution in [0, 0.1) is 27.6 Å². The topological polar surface area (TPSA) is 0 Å². The molecule has 0 aliphatic rings. The Morgan fingerprint density at radius 1 is 0.708 bits per heavy atom. The van der Waals surface area contributed by atoms with Crippen LogP contribution in [0.2, 0.25) is 0 Å². The summed E-state index contributed by atoms with van der Waals surface area (Å²) in [4.78, 5) is 0. The molecule has 0 bridgehead atoms.